The number of piperazine rings is 1. The monoisotopic (exact) mass is 405 g/mol. The summed E-state index contributed by atoms with van der Waals surface area (Å²) < 4.78 is 0. The number of rotatable bonds is 5. The Balaban J connectivity index is 1.15. The van der Waals surface area contributed by atoms with Gasteiger partial charge in [0.2, 0.25) is 5.91 Å². The lowest BCUT2D eigenvalue weighted by Crippen LogP contribution is -2.49. The SMILES string of the molecule is O=C(CCCc1c[nH]c2ccccc12)N1CCN(c2ncnc3sccc23)CC1. The fraction of sp³-hybridized carbons (Fsp3) is 0.318. The Morgan fingerprint density at radius 1 is 1.07 bits per heavy atom. The van der Waals surface area contributed by atoms with Crippen molar-refractivity contribution < 1.29 is 4.79 Å². The fourth-order valence-electron chi connectivity index (χ4n) is 4.12. The third kappa shape index (κ3) is 3.58. The van der Waals surface area contributed by atoms with Gasteiger partial charge in [0.25, 0.3) is 0 Å². The third-order valence-electron chi connectivity index (χ3n) is 5.68. The third-order valence-corrected chi connectivity index (χ3v) is 6.51. The van der Waals surface area contributed by atoms with Gasteiger partial charge in [-0.1, -0.05) is 18.2 Å². The average Bonchev–Trinajstić information content (AvgIpc) is 3.41. The number of amides is 1. The van der Waals surface area contributed by atoms with E-state index in [2.05, 4.69) is 55.7 Å². The van der Waals surface area contributed by atoms with Crippen molar-refractivity contribution in [2.75, 3.05) is 31.1 Å². The predicted octanol–water partition coefficient (Wildman–Crippen LogP) is 3.84. The quantitative estimate of drug-likeness (QED) is 0.548. The standard InChI is InChI=1S/C22H23N5OS/c28-20(7-3-4-16-14-23-19-6-2-1-5-17(16)19)26-9-11-27(12-10-26)21-18-8-13-29-22(18)25-15-24-21/h1-2,5-6,8,13-15,23H,3-4,7,9-12H2. The molecule has 7 heteroatoms. The summed E-state index contributed by atoms with van der Waals surface area (Å²) in [6, 6.07) is 10.4. The molecule has 1 aliphatic heterocycles. The molecule has 4 heterocycles. The molecule has 29 heavy (non-hydrogen) atoms. The number of aromatic amines is 1. The van der Waals surface area contributed by atoms with Gasteiger partial charge in [0.05, 0.1) is 5.39 Å². The summed E-state index contributed by atoms with van der Waals surface area (Å²) >= 11 is 1.63. The molecule has 1 saturated heterocycles. The van der Waals surface area contributed by atoms with Gasteiger partial charge in [-0.15, -0.1) is 11.3 Å². The number of nitrogens with one attached hydrogen (secondary N) is 1. The van der Waals surface area contributed by atoms with Crippen LogP contribution in [-0.4, -0.2) is 51.9 Å². The first kappa shape index (κ1) is 18.1. The van der Waals surface area contributed by atoms with Crippen LogP contribution < -0.4 is 4.90 Å². The average molecular weight is 406 g/mol. The second kappa shape index (κ2) is 7.83. The normalized spacial score (nSPS) is 14.8. The first-order chi connectivity index (χ1) is 14.3. The van der Waals surface area contributed by atoms with E-state index < -0.39 is 0 Å². The summed E-state index contributed by atoms with van der Waals surface area (Å²) in [5.74, 6) is 1.25. The molecule has 4 aromatic rings. The van der Waals surface area contributed by atoms with E-state index in [1.165, 1.54) is 10.9 Å². The first-order valence-corrected chi connectivity index (χ1v) is 10.9. The Bertz CT molecular complexity index is 1140. The predicted molar refractivity (Wildman–Crippen MR) is 117 cm³/mol. The Kier molecular flexibility index (Phi) is 4.89. The molecular weight excluding hydrogens is 382 g/mol. The highest BCUT2D eigenvalue weighted by Crippen LogP contribution is 2.27. The van der Waals surface area contributed by atoms with Gasteiger partial charge in [-0.25, -0.2) is 9.97 Å². The maximum absolute atomic E-state index is 12.7. The Hall–Kier alpha value is -2.93. The number of thiophene rings is 1. The van der Waals surface area contributed by atoms with Crippen molar-refractivity contribution in [3.8, 4) is 0 Å². The van der Waals surface area contributed by atoms with Gasteiger partial charge in [0.1, 0.15) is 17.0 Å². The zero-order valence-corrected chi connectivity index (χ0v) is 17.0. The maximum atomic E-state index is 12.7. The zero-order valence-electron chi connectivity index (χ0n) is 16.2. The summed E-state index contributed by atoms with van der Waals surface area (Å²) in [7, 11) is 0. The molecule has 0 atom stereocenters. The Morgan fingerprint density at radius 2 is 1.93 bits per heavy atom. The number of hydrogen-bond acceptors (Lipinski definition) is 5. The van der Waals surface area contributed by atoms with E-state index in [0.29, 0.717) is 6.42 Å². The molecule has 1 N–H and O–H groups in total. The van der Waals surface area contributed by atoms with Gasteiger partial charge in [0, 0.05) is 49.7 Å². The molecule has 0 bridgehead atoms. The molecule has 148 valence electrons. The van der Waals surface area contributed by atoms with Crippen LogP contribution in [0.15, 0.2) is 48.2 Å². The topological polar surface area (TPSA) is 65.1 Å². The lowest BCUT2D eigenvalue weighted by Gasteiger charge is -2.35. The van der Waals surface area contributed by atoms with Crippen molar-refractivity contribution in [2.45, 2.75) is 19.3 Å². The number of para-hydroxylation sites is 1. The van der Waals surface area contributed by atoms with Gasteiger partial charge in [-0.05, 0) is 35.9 Å². The molecule has 1 aliphatic rings. The number of fused-ring (bicyclic) bond motifs is 2. The molecule has 0 saturated carbocycles. The zero-order chi connectivity index (χ0) is 19.6. The van der Waals surface area contributed by atoms with Crippen LogP contribution in [0.25, 0.3) is 21.1 Å². The largest absolute Gasteiger partial charge is 0.361 e. The fourth-order valence-corrected chi connectivity index (χ4v) is 4.85. The van der Waals surface area contributed by atoms with E-state index in [1.807, 2.05) is 11.0 Å². The molecular formula is C22H23N5OS. The molecule has 0 aliphatic carbocycles. The molecule has 1 aromatic carbocycles. The van der Waals surface area contributed by atoms with Crippen LogP contribution in [0.1, 0.15) is 18.4 Å². The van der Waals surface area contributed by atoms with Crippen molar-refractivity contribution in [2.24, 2.45) is 0 Å². The number of hydrogen-bond donors (Lipinski definition) is 1. The van der Waals surface area contributed by atoms with Crippen molar-refractivity contribution in [1.29, 1.82) is 0 Å². The summed E-state index contributed by atoms with van der Waals surface area (Å²) in [4.78, 5) is 30.1. The summed E-state index contributed by atoms with van der Waals surface area (Å²) in [5.41, 5.74) is 2.45. The van der Waals surface area contributed by atoms with Crippen molar-refractivity contribution in [3.05, 3.63) is 53.8 Å². The van der Waals surface area contributed by atoms with E-state index in [0.717, 1.165) is 60.6 Å². The molecule has 1 amide bonds. The van der Waals surface area contributed by atoms with Gasteiger partial charge >= 0.3 is 0 Å². The van der Waals surface area contributed by atoms with Crippen LogP contribution in [0, 0.1) is 0 Å². The number of aryl methyl sites for hydroxylation is 1. The van der Waals surface area contributed by atoms with E-state index >= 15 is 0 Å². The molecule has 6 nitrogen and oxygen atoms in total. The van der Waals surface area contributed by atoms with Gasteiger partial charge in [-0.2, -0.15) is 0 Å². The number of H-pyrrole nitrogens is 1. The van der Waals surface area contributed by atoms with Crippen molar-refractivity contribution in [3.63, 3.8) is 0 Å². The second-order valence-electron chi connectivity index (χ2n) is 7.42. The minimum Gasteiger partial charge on any atom is -0.361 e. The number of carbonyl (C=O) groups is 1. The number of carbonyl (C=O) groups excluding carboxylic acids is 1. The summed E-state index contributed by atoms with van der Waals surface area (Å²) in [6.07, 6.45) is 6.11. The lowest BCUT2D eigenvalue weighted by atomic mass is 10.1. The van der Waals surface area contributed by atoms with E-state index in [9.17, 15) is 4.79 Å². The van der Waals surface area contributed by atoms with Crippen LogP contribution >= 0.6 is 11.3 Å². The molecule has 5 rings (SSSR count). The van der Waals surface area contributed by atoms with Crippen LogP contribution in [0.2, 0.25) is 0 Å². The molecule has 0 unspecified atom stereocenters. The Labute approximate surface area is 173 Å². The smallest absolute Gasteiger partial charge is 0.222 e. The number of aromatic nitrogens is 3. The highest BCUT2D eigenvalue weighted by atomic mass is 32.1. The van der Waals surface area contributed by atoms with E-state index in [4.69, 9.17) is 0 Å². The van der Waals surface area contributed by atoms with Gasteiger partial charge < -0.3 is 14.8 Å². The molecule has 3 aromatic heterocycles. The highest BCUT2D eigenvalue weighted by Gasteiger charge is 2.23. The lowest BCUT2D eigenvalue weighted by molar-refractivity contribution is -0.131. The van der Waals surface area contributed by atoms with Crippen LogP contribution in [0.5, 0.6) is 0 Å². The van der Waals surface area contributed by atoms with Gasteiger partial charge in [0.15, 0.2) is 0 Å². The summed E-state index contributed by atoms with van der Waals surface area (Å²) in [5, 5.41) is 4.42. The maximum Gasteiger partial charge on any atom is 0.222 e. The van der Waals surface area contributed by atoms with E-state index in [-0.39, 0.29) is 5.91 Å². The number of benzene rings is 1. The molecule has 1 fully saturated rings. The second-order valence-corrected chi connectivity index (χ2v) is 8.31. The minimum absolute atomic E-state index is 0.257. The number of nitrogens with zero attached hydrogens (tertiary/aromatic N) is 4. The minimum atomic E-state index is 0.257. The molecule has 0 radical (unpaired) electrons. The van der Waals surface area contributed by atoms with Crippen LogP contribution in [0.4, 0.5) is 5.82 Å². The molecule has 0 spiro atoms. The highest BCUT2D eigenvalue weighted by molar-refractivity contribution is 7.16. The van der Waals surface area contributed by atoms with Crippen molar-refractivity contribution >= 4 is 44.2 Å². The van der Waals surface area contributed by atoms with Crippen LogP contribution in [-0.2, 0) is 11.2 Å². The van der Waals surface area contributed by atoms with Crippen molar-refractivity contribution in [1.82, 2.24) is 19.9 Å². The first-order valence-electron chi connectivity index (χ1n) is 10.1. The Morgan fingerprint density at radius 3 is 2.83 bits per heavy atom. The number of anilines is 1. The van der Waals surface area contributed by atoms with Gasteiger partial charge in [-0.3, -0.25) is 4.79 Å². The van der Waals surface area contributed by atoms with Crippen LogP contribution in [0.3, 0.4) is 0 Å². The van der Waals surface area contributed by atoms with E-state index in [1.54, 1.807) is 17.7 Å². The summed E-state index contributed by atoms with van der Waals surface area (Å²) in [6.45, 7) is 3.13.